The standard InChI is InChI=1S/C20H18N4O4/c1-27-23-16-11-17(18-21-22-20(26)28-18)24(12-16)19(25)15-9-7-14(8-10-15)13-5-3-2-4-6-13/h2-10,17H,11-12H2,1H3,(H,22,26)/b23-16+. The van der Waals surface area contributed by atoms with Crippen LogP contribution in [-0.4, -0.2) is 40.4 Å². The number of carbonyl (C=O) groups excluding carboxylic acids is 1. The molecule has 4 rings (SSSR count). The van der Waals surface area contributed by atoms with Crippen LogP contribution >= 0.6 is 0 Å². The second-order valence-electron chi connectivity index (χ2n) is 6.39. The minimum atomic E-state index is -0.660. The minimum absolute atomic E-state index is 0.153. The van der Waals surface area contributed by atoms with Crippen LogP contribution in [0.15, 0.2) is 69.0 Å². The summed E-state index contributed by atoms with van der Waals surface area (Å²) in [6.07, 6.45) is 0.384. The number of likely N-dealkylation sites (tertiary alicyclic amines) is 1. The molecule has 1 N–H and O–H groups in total. The molecular formula is C20H18N4O4. The van der Waals surface area contributed by atoms with Crippen LogP contribution in [0.3, 0.4) is 0 Å². The van der Waals surface area contributed by atoms with Crippen molar-refractivity contribution in [2.45, 2.75) is 12.5 Å². The van der Waals surface area contributed by atoms with E-state index in [2.05, 4.69) is 15.4 Å². The van der Waals surface area contributed by atoms with Gasteiger partial charge in [-0.15, -0.1) is 5.10 Å². The third kappa shape index (κ3) is 3.44. The predicted molar refractivity (Wildman–Crippen MR) is 102 cm³/mol. The molecule has 0 bridgehead atoms. The SMILES string of the molecule is CO/N=C1\CC(c2n[nH]c(=O)o2)N(C(=O)c2ccc(-c3ccccc3)cc2)C1. The third-order valence-corrected chi connectivity index (χ3v) is 4.62. The van der Waals surface area contributed by atoms with Gasteiger partial charge in [-0.25, -0.2) is 9.89 Å². The van der Waals surface area contributed by atoms with Gasteiger partial charge in [-0.3, -0.25) is 4.79 Å². The second kappa shape index (κ2) is 7.51. The van der Waals surface area contributed by atoms with E-state index in [1.54, 1.807) is 17.0 Å². The summed E-state index contributed by atoms with van der Waals surface area (Å²) in [7, 11) is 1.45. The van der Waals surface area contributed by atoms with E-state index >= 15 is 0 Å². The summed E-state index contributed by atoms with van der Waals surface area (Å²) in [6, 6.07) is 16.8. The first kappa shape index (κ1) is 17.7. The summed E-state index contributed by atoms with van der Waals surface area (Å²) in [5.74, 6) is -0.705. The molecule has 8 nitrogen and oxygen atoms in total. The van der Waals surface area contributed by atoms with E-state index in [0.717, 1.165) is 11.1 Å². The van der Waals surface area contributed by atoms with Gasteiger partial charge in [0, 0.05) is 12.0 Å². The average molecular weight is 378 g/mol. The Morgan fingerprint density at radius 2 is 1.89 bits per heavy atom. The summed E-state index contributed by atoms with van der Waals surface area (Å²) in [5, 5.41) is 10.1. The maximum Gasteiger partial charge on any atom is 0.434 e. The van der Waals surface area contributed by atoms with Gasteiger partial charge in [-0.05, 0) is 23.3 Å². The van der Waals surface area contributed by atoms with Gasteiger partial charge in [-0.1, -0.05) is 47.6 Å². The molecular weight excluding hydrogens is 360 g/mol. The van der Waals surface area contributed by atoms with Crippen molar-refractivity contribution in [3.8, 4) is 11.1 Å². The molecule has 1 aliphatic heterocycles. The first-order valence-corrected chi connectivity index (χ1v) is 8.76. The Morgan fingerprint density at radius 3 is 2.54 bits per heavy atom. The Morgan fingerprint density at radius 1 is 1.18 bits per heavy atom. The van der Waals surface area contributed by atoms with Gasteiger partial charge in [0.2, 0.25) is 5.89 Å². The number of nitrogens with one attached hydrogen (secondary N) is 1. The third-order valence-electron chi connectivity index (χ3n) is 4.62. The lowest BCUT2D eigenvalue weighted by Crippen LogP contribution is -2.31. The number of carbonyl (C=O) groups is 1. The van der Waals surface area contributed by atoms with E-state index in [-0.39, 0.29) is 18.3 Å². The van der Waals surface area contributed by atoms with Gasteiger partial charge in [0.25, 0.3) is 5.91 Å². The van der Waals surface area contributed by atoms with Gasteiger partial charge in [0.1, 0.15) is 13.2 Å². The molecule has 1 atom stereocenters. The summed E-state index contributed by atoms with van der Waals surface area (Å²) >= 11 is 0. The molecule has 1 aromatic heterocycles. The van der Waals surface area contributed by atoms with Gasteiger partial charge in [0.15, 0.2) is 0 Å². The normalized spacial score (nSPS) is 17.8. The summed E-state index contributed by atoms with van der Waals surface area (Å²) in [4.78, 5) is 30.9. The molecule has 0 saturated carbocycles. The number of amides is 1. The molecule has 1 fully saturated rings. The van der Waals surface area contributed by atoms with Gasteiger partial charge < -0.3 is 14.2 Å². The largest absolute Gasteiger partial charge is 0.434 e. The van der Waals surface area contributed by atoms with Crippen molar-refractivity contribution in [2.75, 3.05) is 13.7 Å². The van der Waals surface area contributed by atoms with Crippen molar-refractivity contribution in [3.05, 3.63) is 76.6 Å². The van der Waals surface area contributed by atoms with Gasteiger partial charge in [0.05, 0.1) is 12.3 Å². The fraction of sp³-hybridized carbons (Fsp3) is 0.200. The average Bonchev–Trinajstić information content (AvgIpc) is 3.35. The maximum atomic E-state index is 13.1. The van der Waals surface area contributed by atoms with E-state index in [1.165, 1.54) is 7.11 Å². The first-order valence-electron chi connectivity index (χ1n) is 8.76. The molecule has 0 radical (unpaired) electrons. The number of aromatic nitrogens is 2. The molecule has 1 saturated heterocycles. The lowest BCUT2D eigenvalue weighted by Gasteiger charge is -2.21. The second-order valence-corrected chi connectivity index (χ2v) is 6.39. The van der Waals surface area contributed by atoms with E-state index in [9.17, 15) is 9.59 Å². The van der Waals surface area contributed by atoms with Crippen molar-refractivity contribution >= 4 is 11.6 Å². The number of nitrogens with zero attached hydrogens (tertiary/aromatic N) is 3. The molecule has 8 heteroatoms. The minimum Gasteiger partial charge on any atom is -0.399 e. The van der Waals surface area contributed by atoms with Crippen molar-refractivity contribution in [1.29, 1.82) is 0 Å². The number of hydrogen-bond donors (Lipinski definition) is 1. The quantitative estimate of drug-likeness (QED) is 0.704. The smallest absolute Gasteiger partial charge is 0.399 e. The Balaban J connectivity index is 1.61. The number of oxime groups is 1. The van der Waals surface area contributed by atoms with E-state index in [4.69, 9.17) is 9.25 Å². The summed E-state index contributed by atoms with van der Waals surface area (Å²) in [6.45, 7) is 0.272. The highest BCUT2D eigenvalue weighted by Gasteiger charge is 2.38. The van der Waals surface area contributed by atoms with Crippen LogP contribution in [0.2, 0.25) is 0 Å². The lowest BCUT2D eigenvalue weighted by molar-refractivity contribution is 0.0718. The van der Waals surface area contributed by atoms with Crippen LogP contribution in [0.1, 0.15) is 28.7 Å². The molecule has 28 heavy (non-hydrogen) atoms. The zero-order valence-corrected chi connectivity index (χ0v) is 15.2. The number of rotatable bonds is 4. The van der Waals surface area contributed by atoms with E-state index in [0.29, 0.717) is 17.7 Å². The molecule has 1 unspecified atom stereocenters. The van der Waals surface area contributed by atoms with Crippen molar-refractivity contribution in [2.24, 2.45) is 5.16 Å². The fourth-order valence-electron chi connectivity index (χ4n) is 3.32. The van der Waals surface area contributed by atoms with Crippen LogP contribution in [0.4, 0.5) is 0 Å². The number of hydrogen-bond acceptors (Lipinski definition) is 6. The van der Waals surface area contributed by atoms with Crippen molar-refractivity contribution < 1.29 is 14.0 Å². The number of H-pyrrole nitrogens is 1. The molecule has 0 aliphatic carbocycles. The highest BCUT2D eigenvalue weighted by atomic mass is 16.6. The van der Waals surface area contributed by atoms with Crippen molar-refractivity contribution in [1.82, 2.24) is 15.1 Å². The Bertz CT molecular complexity index is 1050. The molecule has 2 heterocycles. The van der Waals surface area contributed by atoms with E-state index in [1.807, 2.05) is 42.5 Å². The monoisotopic (exact) mass is 378 g/mol. The number of aromatic amines is 1. The number of benzene rings is 2. The summed E-state index contributed by atoms with van der Waals surface area (Å²) in [5.41, 5.74) is 3.30. The lowest BCUT2D eigenvalue weighted by atomic mass is 10.0. The zero-order chi connectivity index (χ0) is 19.5. The molecule has 142 valence electrons. The molecule has 1 amide bonds. The topological polar surface area (TPSA) is 101 Å². The maximum absolute atomic E-state index is 13.1. The fourth-order valence-corrected chi connectivity index (χ4v) is 3.32. The van der Waals surface area contributed by atoms with Crippen LogP contribution in [0, 0.1) is 0 Å². The van der Waals surface area contributed by atoms with Crippen LogP contribution in [0.5, 0.6) is 0 Å². The molecule has 1 aliphatic rings. The first-order chi connectivity index (χ1) is 13.7. The zero-order valence-electron chi connectivity index (χ0n) is 15.2. The van der Waals surface area contributed by atoms with Gasteiger partial charge in [-0.2, -0.15) is 0 Å². The highest BCUT2D eigenvalue weighted by molar-refractivity contribution is 6.00. The molecule has 2 aromatic carbocycles. The summed E-state index contributed by atoms with van der Waals surface area (Å²) < 4.78 is 5.08. The van der Waals surface area contributed by atoms with Crippen LogP contribution in [-0.2, 0) is 4.84 Å². The Labute approximate surface area is 160 Å². The molecule has 3 aromatic rings. The van der Waals surface area contributed by atoms with E-state index < -0.39 is 11.8 Å². The Hall–Kier alpha value is -3.68. The van der Waals surface area contributed by atoms with Crippen LogP contribution in [0.25, 0.3) is 11.1 Å². The highest BCUT2D eigenvalue weighted by Crippen LogP contribution is 2.31. The predicted octanol–water partition coefficient (Wildman–Crippen LogP) is 2.62. The Kier molecular flexibility index (Phi) is 4.76. The van der Waals surface area contributed by atoms with Crippen LogP contribution < -0.4 is 5.76 Å². The van der Waals surface area contributed by atoms with Crippen molar-refractivity contribution in [3.63, 3.8) is 0 Å². The van der Waals surface area contributed by atoms with Gasteiger partial charge >= 0.3 is 5.76 Å². The molecule has 0 spiro atoms.